The molecule has 1 spiro atoms. The Balaban J connectivity index is 1.77. The van der Waals surface area contributed by atoms with E-state index in [4.69, 9.17) is 9.47 Å². The molecule has 0 N–H and O–H groups in total. The van der Waals surface area contributed by atoms with Crippen LogP contribution in [0, 0.1) is 5.92 Å². The second-order valence-electron chi connectivity index (χ2n) is 7.67. The molecule has 2 aliphatic carbocycles. The molecule has 130 valence electrons. The molecule has 1 heterocycles. The van der Waals surface area contributed by atoms with Crippen molar-refractivity contribution >= 4 is 5.91 Å². The number of carbonyl (C=O) groups excluding carboxylic acids is 1. The molecule has 0 unspecified atom stereocenters. The Morgan fingerprint density at radius 1 is 1.08 bits per heavy atom. The molecule has 4 heteroatoms. The van der Waals surface area contributed by atoms with Gasteiger partial charge in [-0.1, -0.05) is 19.3 Å². The summed E-state index contributed by atoms with van der Waals surface area (Å²) >= 11 is 0. The number of amides is 1. The van der Waals surface area contributed by atoms with Crippen molar-refractivity contribution in [1.82, 2.24) is 4.90 Å². The first-order chi connectivity index (χ1) is 11.7. The van der Waals surface area contributed by atoms with Gasteiger partial charge in [0.05, 0.1) is 14.2 Å². The van der Waals surface area contributed by atoms with Gasteiger partial charge in [-0.05, 0) is 48.9 Å². The number of rotatable bonds is 3. The molecular formula is C20H27NO3. The highest BCUT2D eigenvalue weighted by Crippen LogP contribution is 2.48. The number of carbonyl (C=O) groups is 1. The standard InChI is InChI=1S/C20H27NO3/c1-23-17-10-15-12-21(19(22)14-6-7-14)13-20(8-4-3-5-9-20)16(15)11-18(17)24-2/h10-11,14H,3-9,12-13H2,1-2H3. The third-order valence-corrected chi connectivity index (χ3v) is 6.08. The Hall–Kier alpha value is -1.71. The van der Waals surface area contributed by atoms with Crippen molar-refractivity contribution < 1.29 is 14.3 Å². The first kappa shape index (κ1) is 15.8. The zero-order valence-corrected chi connectivity index (χ0v) is 14.8. The third-order valence-electron chi connectivity index (χ3n) is 6.08. The van der Waals surface area contributed by atoms with Crippen LogP contribution in [0.15, 0.2) is 12.1 Å². The van der Waals surface area contributed by atoms with E-state index in [-0.39, 0.29) is 11.3 Å². The molecule has 0 radical (unpaired) electrons. The van der Waals surface area contributed by atoms with Gasteiger partial charge in [0.2, 0.25) is 5.91 Å². The van der Waals surface area contributed by atoms with E-state index in [2.05, 4.69) is 17.0 Å². The molecule has 1 amide bonds. The highest BCUT2D eigenvalue weighted by Gasteiger charge is 2.44. The van der Waals surface area contributed by atoms with Crippen LogP contribution in [0.5, 0.6) is 11.5 Å². The lowest BCUT2D eigenvalue weighted by atomic mass is 9.66. The number of hydrogen-bond acceptors (Lipinski definition) is 3. The zero-order valence-electron chi connectivity index (χ0n) is 14.8. The lowest BCUT2D eigenvalue weighted by molar-refractivity contribution is -0.135. The molecule has 0 aromatic heterocycles. The van der Waals surface area contributed by atoms with Crippen molar-refractivity contribution in [2.45, 2.75) is 56.9 Å². The molecule has 2 fully saturated rings. The van der Waals surface area contributed by atoms with Gasteiger partial charge in [0.15, 0.2) is 11.5 Å². The minimum atomic E-state index is 0.107. The summed E-state index contributed by atoms with van der Waals surface area (Å²) in [6.07, 6.45) is 8.29. The SMILES string of the molecule is COc1cc2c(cc1OC)C1(CCCCC1)CN(C(=O)C1CC1)C2. The van der Waals surface area contributed by atoms with Crippen molar-refractivity contribution in [3.63, 3.8) is 0 Å². The van der Waals surface area contributed by atoms with Gasteiger partial charge >= 0.3 is 0 Å². The van der Waals surface area contributed by atoms with Crippen LogP contribution in [0.1, 0.15) is 56.1 Å². The van der Waals surface area contributed by atoms with Crippen molar-refractivity contribution in [2.24, 2.45) is 5.92 Å². The molecule has 4 rings (SSSR count). The Labute approximate surface area is 144 Å². The number of hydrogen-bond donors (Lipinski definition) is 0. The number of benzene rings is 1. The average molecular weight is 329 g/mol. The topological polar surface area (TPSA) is 38.8 Å². The monoisotopic (exact) mass is 329 g/mol. The van der Waals surface area contributed by atoms with Crippen LogP contribution in [0.3, 0.4) is 0 Å². The molecule has 1 aromatic carbocycles. The molecule has 0 bridgehead atoms. The van der Waals surface area contributed by atoms with E-state index in [1.54, 1.807) is 14.2 Å². The smallest absolute Gasteiger partial charge is 0.226 e. The van der Waals surface area contributed by atoms with Crippen LogP contribution in [0.2, 0.25) is 0 Å². The van der Waals surface area contributed by atoms with Gasteiger partial charge in [-0.15, -0.1) is 0 Å². The first-order valence-corrected chi connectivity index (χ1v) is 9.21. The quantitative estimate of drug-likeness (QED) is 0.849. The van der Waals surface area contributed by atoms with Crippen molar-refractivity contribution in [2.75, 3.05) is 20.8 Å². The van der Waals surface area contributed by atoms with Crippen molar-refractivity contribution in [1.29, 1.82) is 0 Å². The lowest BCUT2D eigenvalue weighted by Crippen LogP contribution is -2.49. The third kappa shape index (κ3) is 2.56. The minimum absolute atomic E-state index is 0.107. The Kier molecular flexibility index (Phi) is 3.93. The van der Waals surface area contributed by atoms with Gasteiger partial charge in [0.1, 0.15) is 0 Å². The summed E-state index contributed by atoms with van der Waals surface area (Å²) in [6.45, 7) is 1.59. The summed E-state index contributed by atoms with van der Waals surface area (Å²) in [5.41, 5.74) is 2.74. The molecule has 0 atom stereocenters. The van der Waals surface area contributed by atoms with E-state index in [1.807, 2.05) is 0 Å². The van der Waals surface area contributed by atoms with Crippen LogP contribution in [0.4, 0.5) is 0 Å². The maximum atomic E-state index is 12.7. The molecule has 1 aliphatic heterocycles. The maximum absolute atomic E-state index is 12.7. The van der Waals surface area contributed by atoms with Crippen molar-refractivity contribution in [3.05, 3.63) is 23.3 Å². The predicted molar refractivity (Wildman–Crippen MR) is 92.5 cm³/mol. The van der Waals surface area contributed by atoms with Gasteiger partial charge in [0.25, 0.3) is 0 Å². The van der Waals surface area contributed by atoms with E-state index in [9.17, 15) is 4.79 Å². The molecule has 1 aromatic rings. The van der Waals surface area contributed by atoms with Crippen LogP contribution < -0.4 is 9.47 Å². The number of nitrogens with zero attached hydrogens (tertiary/aromatic N) is 1. The fraction of sp³-hybridized carbons (Fsp3) is 0.650. The maximum Gasteiger partial charge on any atom is 0.226 e. The summed E-state index contributed by atoms with van der Waals surface area (Å²) in [6, 6.07) is 4.27. The van der Waals surface area contributed by atoms with Crippen molar-refractivity contribution in [3.8, 4) is 11.5 Å². The fourth-order valence-electron chi connectivity index (χ4n) is 4.66. The second kappa shape index (κ2) is 5.98. The number of ether oxygens (including phenoxy) is 2. The van der Waals surface area contributed by atoms with Crippen LogP contribution >= 0.6 is 0 Å². The summed E-state index contributed by atoms with van der Waals surface area (Å²) < 4.78 is 11.1. The number of methoxy groups -OCH3 is 2. The Bertz CT molecular complexity index is 645. The van der Waals surface area contributed by atoms with Gasteiger partial charge in [-0.2, -0.15) is 0 Å². The predicted octanol–water partition coefficient (Wildman–Crippen LogP) is 3.66. The number of fused-ring (bicyclic) bond motifs is 2. The van der Waals surface area contributed by atoms with Crippen LogP contribution in [-0.4, -0.2) is 31.6 Å². The molecule has 4 nitrogen and oxygen atoms in total. The molecular weight excluding hydrogens is 302 g/mol. The fourth-order valence-corrected chi connectivity index (χ4v) is 4.66. The Morgan fingerprint density at radius 3 is 2.38 bits per heavy atom. The molecule has 0 saturated heterocycles. The minimum Gasteiger partial charge on any atom is -0.493 e. The van der Waals surface area contributed by atoms with E-state index in [1.165, 1.54) is 43.2 Å². The molecule has 24 heavy (non-hydrogen) atoms. The van der Waals surface area contributed by atoms with Gasteiger partial charge < -0.3 is 14.4 Å². The summed E-state index contributed by atoms with van der Waals surface area (Å²) in [5, 5.41) is 0. The van der Waals surface area contributed by atoms with Gasteiger partial charge in [-0.25, -0.2) is 0 Å². The van der Waals surface area contributed by atoms with Crippen LogP contribution in [-0.2, 0) is 16.8 Å². The average Bonchev–Trinajstić information content (AvgIpc) is 3.45. The normalized spacial score (nSPS) is 22.2. The van der Waals surface area contributed by atoms with E-state index in [0.29, 0.717) is 12.5 Å². The van der Waals surface area contributed by atoms with Crippen LogP contribution in [0.25, 0.3) is 0 Å². The van der Waals surface area contributed by atoms with E-state index in [0.717, 1.165) is 30.9 Å². The zero-order chi connectivity index (χ0) is 16.7. The van der Waals surface area contributed by atoms with E-state index < -0.39 is 0 Å². The summed E-state index contributed by atoms with van der Waals surface area (Å²) in [5.74, 6) is 2.22. The van der Waals surface area contributed by atoms with Gasteiger partial charge in [-0.3, -0.25) is 4.79 Å². The molecule has 3 aliphatic rings. The van der Waals surface area contributed by atoms with Gasteiger partial charge in [0, 0.05) is 24.4 Å². The first-order valence-electron chi connectivity index (χ1n) is 9.21. The highest BCUT2D eigenvalue weighted by molar-refractivity contribution is 5.81. The van der Waals surface area contributed by atoms with E-state index >= 15 is 0 Å². The second-order valence-corrected chi connectivity index (χ2v) is 7.67. The lowest BCUT2D eigenvalue weighted by Gasteiger charge is -2.47. The Morgan fingerprint density at radius 2 is 1.75 bits per heavy atom. The summed E-state index contributed by atoms with van der Waals surface area (Å²) in [7, 11) is 3.38. The highest BCUT2D eigenvalue weighted by atomic mass is 16.5. The summed E-state index contributed by atoms with van der Waals surface area (Å²) in [4.78, 5) is 14.9. The molecule has 2 saturated carbocycles. The largest absolute Gasteiger partial charge is 0.493 e.